The number of likely N-dealkylation sites (tertiary alicyclic amines) is 1. The van der Waals surface area contributed by atoms with E-state index in [1.165, 1.54) is 5.39 Å². The Morgan fingerprint density at radius 2 is 1.73 bits per heavy atom. The first-order chi connectivity index (χ1) is 16.1. The first kappa shape index (κ1) is 21.3. The molecule has 2 heterocycles. The quantitative estimate of drug-likeness (QED) is 0.657. The molecule has 1 saturated heterocycles. The van der Waals surface area contributed by atoms with E-state index in [4.69, 9.17) is 10.8 Å². The molecule has 33 heavy (non-hydrogen) atoms. The van der Waals surface area contributed by atoms with Gasteiger partial charge in [0.15, 0.2) is 0 Å². The zero-order valence-electron chi connectivity index (χ0n) is 18.6. The van der Waals surface area contributed by atoms with Crippen molar-refractivity contribution in [2.45, 2.75) is 25.3 Å². The maximum Gasteiger partial charge on any atom is 0.257 e. The second kappa shape index (κ2) is 9.16. The van der Waals surface area contributed by atoms with Gasteiger partial charge < -0.3 is 5.73 Å². The largest absolute Gasteiger partial charge is 0.369 e. The summed E-state index contributed by atoms with van der Waals surface area (Å²) in [5.41, 5.74) is 8.54. The number of hydrogen-bond donors (Lipinski definition) is 1. The van der Waals surface area contributed by atoms with Crippen LogP contribution < -0.4 is 5.73 Å². The van der Waals surface area contributed by atoms with Crippen LogP contribution in [-0.4, -0.2) is 47.1 Å². The maximum atomic E-state index is 13.4. The molecule has 6 nitrogen and oxygen atoms in total. The summed E-state index contributed by atoms with van der Waals surface area (Å²) < 4.78 is 0. The molecule has 5 rings (SSSR count). The Labute approximate surface area is 193 Å². The van der Waals surface area contributed by atoms with E-state index in [9.17, 15) is 9.59 Å². The van der Waals surface area contributed by atoms with Crippen LogP contribution in [0.15, 0.2) is 77.9 Å². The smallest absolute Gasteiger partial charge is 0.257 e. The average molecular weight is 441 g/mol. The number of nitrogens with zero attached hydrogens (tertiary/aromatic N) is 3. The highest BCUT2D eigenvalue weighted by atomic mass is 16.2. The molecule has 168 valence electrons. The van der Waals surface area contributed by atoms with Gasteiger partial charge in [-0.25, -0.2) is 5.01 Å². The Bertz CT molecular complexity index is 1210. The second-order valence-corrected chi connectivity index (χ2v) is 8.95. The Morgan fingerprint density at radius 3 is 2.52 bits per heavy atom. The predicted molar refractivity (Wildman–Crippen MR) is 129 cm³/mol. The van der Waals surface area contributed by atoms with Crippen LogP contribution in [-0.2, 0) is 9.59 Å². The number of hydrogen-bond acceptors (Lipinski definition) is 4. The van der Waals surface area contributed by atoms with Crippen LogP contribution in [0, 0.1) is 5.92 Å². The molecule has 0 aromatic heterocycles. The minimum Gasteiger partial charge on any atom is -0.369 e. The molecule has 2 atom stereocenters. The van der Waals surface area contributed by atoms with Gasteiger partial charge >= 0.3 is 0 Å². The third kappa shape index (κ3) is 4.52. The second-order valence-electron chi connectivity index (χ2n) is 8.95. The Balaban J connectivity index is 1.42. The molecule has 3 aromatic carbocycles. The average Bonchev–Trinajstić information content (AvgIpc) is 3.30. The van der Waals surface area contributed by atoms with Gasteiger partial charge in [0.25, 0.3) is 5.91 Å². The third-order valence-electron chi connectivity index (χ3n) is 6.70. The Hall–Kier alpha value is -3.51. The lowest BCUT2D eigenvalue weighted by molar-refractivity contribution is -0.135. The van der Waals surface area contributed by atoms with E-state index in [0.29, 0.717) is 13.0 Å². The normalized spacial score (nSPS) is 21.2. The molecule has 2 amide bonds. The van der Waals surface area contributed by atoms with Crippen LogP contribution in [0.25, 0.3) is 10.8 Å². The number of benzene rings is 3. The number of rotatable bonds is 5. The molecule has 1 fully saturated rings. The van der Waals surface area contributed by atoms with Gasteiger partial charge in [-0.3, -0.25) is 14.5 Å². The highest BCUT2D eigenvalue weighted by Gasteiger charge is 2.34. The molecule has 0 saturated carbocycles. The van der Waals surface area contributed by atoms with Crippen molar-refractivity contribution in [2.24, 2.45) is 16.8 Å². The van der Waals surface area contributed by atoms with E-state index < -0.39 is 0 Å². The van der Waals surface area contributed by atoms with Crippen molar-refractivity contribution < 1.29 is 9.59 Å². The van der Waals surface area contributed by atoms with Gasteiger partial charge in [-0.2, -0.15) is 5.10 Å². The molecule has 6 heteroatoms. The lowest BCUT2D eigenvalue weighted by atomic mass is 9.96. The molecule has 2 N–H and O–H groups in total. The van der Waals surface area contributed by atoms with E-state index >= 15 is 0 Å². The van der Waals surface area contributed by atoms with E-state index in [1.807, 2.05) is 47.4 Å². The van der Waals surface area contributed by atoms with Crippen molar-refractivity contribution in [1.29, 1.82) is 0 Å². The lowest BCUT2D eigenvalue weighted by Crippen LogP contribution is -2.45. The van der Waals surface area contributed by atoms with E-state index in [0.717, 1.165) is 41.6 Å². The number of carbonyl (C=O) groups excluding carboxylic acids is 2. The number of fused-ring (bicyclic) bond motifs is 1. The van der Waals surface area contributed by atoms with Gasteiger partial charge in [0.1, 0.15) is 0 Å². The number of primary amides is 1. The summed E-state index contributed by atoms with van der Waals surface area (Å²) in [5, 5.41) is 8.81. The van der Waals surface area contributed by atoms with Crippen molar-refractivity contribution in [3.63, 3.8) is 0 Å². The van der Waals surface area contributed by atoms with Crippen LogP contribution in [0.1, 0.15) is 36.4 Å². The molecule has 0 unspecified atom stereocenters. The lowest BCUT2D eigenvalue weighted by Gasteiger charge is -2.32. The van der Waals surface area contributed by atoms with Gasteiger partial charge in [0.05, 0.1) is 24.2 Å². The summed E-state index contributed by atoms with van der Waals surface area (Å²) in [4.78, 5) is 27.1. The number of amides is 2. The molecule has 0 bridgehead atoms. The first-order valence-electron chi connectivity index (χ1n) is 11.5. The van der Waals surface area contributed by atoms with Crippen LogP contribution >= 0.6 is 0 Å². The highest BCUT2D eigenvalue weighted by Crippen LogP contribution is 2.33. The van der Waals surface area contributed by atoms with Gasteiger partial charge in [0.2, 0.25) is 5.91 Å². The van der Waals surface area contributed by atoms with E-state index in [-0.39, 0.29) is 30.3 Å². The number of hydrazone groups is 1. The van der Waals surface area contributed by atoms with Crippen molar-refractivity contribution in [3.05, 3.63) is 83.9 Å². The highest BCUT2D eigenvalue weighted by molar-refractivity contribution is 6.05. The fourth-order valence-corrected chi connectivity index (χ4v) is 4.91. The summed E-state index contributed by atoms with van der Waals surface area (Å²) in [5.74, 6) is -0.524. The summed E-state index contributed by atoms with van der Waals surface area (Å²) >= 11 is 0. The van der Waals surface area contributed by atoms with Crippen LogP contribution in [0.3, 0.4) is 0 Å². The van der Waals surface area contributed by atoms with E-state index in [1.54, 1.807) is 5.01 Å². The van der Waals surface area contributed by atoms with Gasteiger partial charge in [-0.05, 0) is 47.4 Å². The third-order valence-corrected chi connectivity index (χ3v) is 6.70. The zero-order chi connectivity index (χ0) is 22.8. The summed E-state index contributed by atoms with van der Waals surface area (Å²) in [6.45, 7) is 1.56. The molecular weight excluding hydrogens is 412 g/mol. The van der Waals surface area contributed by atoms with Crippen molar-refractivity contribution in [3.8, 4) is 0 Å². The van der Waals surface area contributed by atoms with Crippen LogP contribution in [0.2, 0.25) is 0 Å². The van der Waals surface area contributed by atoms with Crippen molar-refractivity contribution in [2.75, 3.05) is 19.6 Å². The molecule has 0 spiro atoms. The van der Waals surface area contributed by atoms with Crippen molar-refractivity contribution in [1.82, 2.24) is 9.91 Å². The number of nitrogens with two attached hydrogens (primary N) is 1. The molecule has 2 aliphatic rings. The molecule has 3 aromatic rings. The monoisotopic (exact) mass is 440 g/mol. The van der Waals surface area contributed by atoms with Crippen LogP contribution in [0.5, 0.6) is 0 Å². The number of piperidine rings is 1. The summed E-state index contributed by atoms with van der Waals surface area (Å²) in [6.07, 6.45) is 2.33. The standard InChI is InChI=1S/C27H28N4O2/c28-27(33)23-11-6-14-30(17-23)18-26(32)31-25(20-8-2-1-3-9-20)16-24(29-31)22-13-12-19-7-4-5-10-21(19)15-22/h1-5,7-10,12-13,15,23,25H,6,11,14,16-18H2,(H2,28,33)/t23-,25-/m0/s1. The topological polar surface area (TPSA) is 79.0 Å². The SMILES string of the molecule is NC(=O)[C@H]1CCCN(CC(=O)N2N=C(c3ccc4ccccc4c3)C[C@H]2c2ccccc2)C1. The molecular formula is C27H28N4O2. The minimum atomic E-state index is -0.285. The summed E-state index contributed by atoms with van der Waals surface area (Å²) in [6, 6.07) is 24.5. The van der Waals surface area contributed by atoms with Gasteiger partial charge in [-0.15, -0.1) is 0 Å². The van der Waals surface area contributed by atoms with Crippen molar-refractivity contribution >= 4 is 28.3 Å². The Kier molecular flexibility index (Phi) is 5.92. The Morgan fingerprint density at radius 1 is 0.970 bits per heavy atom. The van der Waals surface area contributed by atoms with Gasteiger partial charge in [0, 0.05) is 13.0 Å². The van der Waals surface area contributed by atoms with Gasteiger partial charge in [-0.1, -0.05) is 66.7 Å². The minimum absolute atomic E-state index is 0.0511. The summed E-state index contributed by atoms with van der Waals surface area (Å²) in [7, 11) is 0. The zero-order valence-corrected chi connectivity index (χ0v) is 18.6. The van der Waals surface area contributed by atoms with Crippen LogP contribution in [0.4, 0.5) is 0 Å². The number of carbonyl (C=O) groups is 2. The molecule has 0 radical (unpaired) electrons. The maximum absolute atomic E-state index is 13.4. The predicted octanol–water partition coefficient (Wildman–Crippen LogP) is 3.71. The fourth-order valence-electron chi connectivity index (χ4n) is 4.91. The first-order valence-corrected chi connectivity index (χ1v) is 11.5. The molecule has 0 aliphatic carbocycles. The molecule has 2 aliphatic heterocycles. The van der Waals surface area contributed by atoms with E-state index in [2.05, 4.69) is 30.3 Å². The fraction of sp³-hybridized carbons (Fsp3) is 0.296.